The fourth-order valence-electron chi connectivity index (χ4n) is 2.55. The van der Waals surface area contributed by atoms with Crippen LogP contribution in [0.5, 0.6) is 11.5 Å². The summed E-state index contributed by atoms with van der Waals surface area (Å²) in [5, 5.41) is 2.56. The van der Waals surface area contributed by atoms with Gasteiger partial charge in [-0.2, -0.15) is 0 Å². The molecule has 0 heterocycles. The van der Waals surface area contributed by atoms with Crippen molar-refractivity contribution in [3.63, 3.8) is 0 Å². The van der Waals surface area contributed by atoms with Crippen LogP contribution in [0, 0.1) is 0 Å². The number of rotatable bonds is 9. The molecule has 0 aromatic heterocycles. The molecule has 0 aliphatic rings. The van der Waals surface area contributed by atoms with E-state index in [0.29, 0.717) is 18.3 Å². The molecule has 176 valence electrons. The maximum absolute atomic E-state index is 11.3. The smallest absolute Gasteiger partial charge is 0.412 e. The largest absolute Gasteiger partial charge is 0.494 e. The second-order valence-electron chi connectivity index (χ2n) is 7.36. The molecule has 2 aromatic rings. The first-order chi connectivity index (χ1) is 15.4. The van der Waals surface area contributed by atoms with Crippen LogP contribution in [0.15, 0.2) is 54.6 Å². The van der Waals surface area contributed by atoms with Crippen molar-refractivity contribution in [3.8, 4) is 11.5 Å². The molecule has 7 heteroatoms. The van der Waals surface area contributed by atoms with Gasteiger partial charge in [0.1, 0.15) is 11.5 Å². The van der Waals surface area contributed by atoms with Crippen LogP contribution in [0.1, 0.15) is 44.6 Å². The van der Waals surface area contributed by atoms with Gasteiger partial charge in [0.15, 0.2) is 0 Å². The Morgan fingerprint density at radius 1 is 1.03 bits per heavy atom. The average Bonchev–Trinajstić information content (AvgIpc) is 2.81. The SMILES string of the molecule is CCC(C)c1ccccc1OC(=O)NC.CN(C)C(=O)SCCCCOc1ccccc1. The second-order valence-corrected chi connectivity index (χ2v) is 8.41. The van der Waals surface area contributed by atoms with Crippen molar-refractivity contribution in [2.45, 2.75) is 39.0 Å². The lowest BCUT2D eigenvalue weighted by Crippen LogP contribution is -2.22. The minimum Gasteiger partial charge on any atom is -0.494 e. The van der Waals surface area contributed by atoms with Crippen molar-refractivity contribution in [3.05, 3.63) is 60.2 Å². The van der Waals surface area contributed by atoms with Gasteiger partial charge in [-0.15, -0.1) is 0 Å². The van der Waals surface area contributed by atoms with E-state index in [4.69, 9.17) is 9.47 Å². The van der Waals surface area contributed by atoms with Gasteiger partial charge in [0.2, 0.25) is 0 Å². The van der Waals surface area contributed by atoms with E-state index < -0.39 is 6.09 Å². The molecule has 0 bridgehead atoms. The molecular formula is C25H36N2O4S. The van der Waals surface area contributed by atoms with E-state index in [1.807, 2.05) is 54.6 Å². The molecule has 1 atom stereocenters. The highest BCUT2D eigenvalue weighted by Crippen LogP contribution is 2.28. The number of carbonyl (C=O) groups is 2. The highest BCUT2D eigenvalue weighted by atomic mass is 32.2. The molecule has 2 rings (SSSR count). The first-order valence-corrected chi connectivity index (χ1v) is 11.9. The zero-order valence-corrected chi connectivity index (χ0v) is 20.6. The molecule has 0 aliphatic heterocycles. The number of para-hydroxylation sites is 2. The Hall–Kier alpha value is -2.67. The van der Waals surface area contributed by atoms with E-state index in [1.165, 1.54) is 11.8 Å². The van der Waals surface area contributed by atoms with E-state index in [9.17, 15) is 9.59 Å². The van der Waals surface area contributed by atoms with Gasteiger partial charge < -0.3 is 19.7 Å². The molecule has 1 N–H and O–H groups in total. The molecule has 0 radical (unpaired) electrons. The predicted octanol–water partition coefficient (Wildman–Crippen LogP) is 6.18. The minimum absolute atomic E-state index is 0.119. The topological polar surface area (TPSA) is 67.9 Å². The van der Waals surface area contributed by atoms with Gasteiger partial charge in [-0.1, -0.05) is 62.0 Å². The van der Waals surface area contributed by atoms with Crippen LogP contribution in [0.25, 0.3) is 0 Å². The molecule has 0 saturated heterocycles. The van der Waals surface area contributed by atoms with Crippen LogP contribution in [0.4, 0.5) is 9.59 Å². The fourth-order valence-corrected chi connectivity index (χ4v) is 3.33. The van der Waals surface area contributed by atoms with Crippen molar-refractivity contribution in [2.24, 2.45) is 0 Å². The highest BCUT2D eigenvalue weighted by Gasteiger charge is 2.11. The van der Waals surface area contributed by atoms with Gasteiger partial charge >= 0.3 is 6.09 Å². The van der Waals surface area contributed by atoms with E-state index in [-0.39, 0.29) is 5.24 Å². The van der Waals surface area contributed by atoms with Gasteiger partial charge in [-0.25, -0.2) is 4.79 Å². The number of nitrogens with one attached hydrogen (secondary N) is 1. The van der Waals surface area contributed by atoms with Crippen molar-refractivity contribution in [1.29, 1.82) is 0 Å². The maximum atomic E-state index is 11.3. The van der Waals surface area contributed by atoms with E-state index in [2.05, 4.69) is 19.2 Å². The summed E-state index contributed by atoms with van der Waals surface area (Å²) in [6.07, 6.45) is 2.57. The first kappa shape index (κ1) is 27.4. The van der Waals surface area contributed by atoms with E-state index >= 15 is 0 Å². The van der Waals surface area contributed by atoms with Crippen LogP contribution < -0.4 is 14.8 Å². The van der Waals surface area contributed by atoms with Gasteiger partial charge in [0.25, 0.3) is 5.24 Å². The van der Waals surface area contributed by atoms with Crippen LogP contribution >= 0.6 is 11.8 Å². The van der Waals surface area contributed by atoms with Crippen LogP contribution in [0.2, 0.25) is 0 Å². The monoisotopic (exact) mass is 460 g/mol. The average molecular weight is 461 g/mol. The summed E-state index contributed by atoms with van der Waals surface area (Å²) in [4.78, 5) is 24.0. The molecule has 32 heavy (non-hydrogen) atoms. The van der Waals surface area contributed by atoms with Crippen LogP contribution in [-0.2, 0) is 0 Å². The Morgan fingerprint density at radius 2 is 1.69 bits per heavy atom. The lowest BCUT2D eigenvalue weighted by Gasteiger charge is -2.13. The molecule has 0 saturated carbocycles. The molecule has 2 amide bonds. The molecule has 0 spiro atoms. The molecule has 1 unspecified atom stereocenters. The summed E-state index contributed by atoms with van der Waals surface area (Å²) >= 11 is 1.36. The van der Waals surface area contributed by atoms with Gasteiger partial charge in [0, 0.05) is 26.9 Å². The summed E-state index contributed by atoms with van der Waals surface area (Å²) in [6, 6.07) is 17.4. The summed E-state index contributed by atoms with van der Waals surface area (Å²) in [5.74, 6) is 2.80. The highest BCUT2D eigenvalue weighted by molar-refractivity contribution is 8.13. The third kappa shape index (κ3) is 11.1. The second kappa shape index (κ2) is 16.0. The van der Waals surface area contributed by atoms with Gasteiger partial charge in [-0.3, -0.25) is 4.79 Å². The van der Waals surface area contributed by atoms with Crippen molar-refractivity contribution < 1.29 is 19.1 Å². The number of nitrogens with zero attached hydrogens (tertiary/aromatic N) is 1. The number of benzene rings is 2. The Morgan fingerprint density at radius 3 is 2.31 bits per heavy atom. The van der Waals surface area contributed by atoms with Crippen LogP contribution in [0.3, 0.4) is 0 Å². The Labute approximate surface area is 196 Å². The lowest BCUT2D eigenvalue weighted by molar-refractivity contribution is 0.202. The summed E-state index contributed by atoms with van der Waals surface area (Å²) in [7, 11) is 5.09. The lowest BCUT2D eigenvalue weighted by atomic mass is 9.98. The van der Waals surface area contributed by atoms with Crippen molar-refractivity contribution in [1.82, 2.24) is 10.2 Å². The van der Waals surface area contributed by atoms with Gasteiger partial charge in [0.05, 0.1) is 6.61 Å². The zero-order valence-electron chi connectivity index (χ0n) is 19.8. The van der Waals surface area contributed by atoms with E-state index in [0.717, 1.165) is 36.3 Å². The molecule has 6 nitrogen and oxygen atoms in total. The van der Waals surface area contributed by atoms with Gasteiger partial charge in [-0.05, 0) is 48.9 Å². The number of amides is 2. The molecular weight excluding hydrogens is 424 g/mol. The predicted molar refractivity (Wildman–Crippen MR) is 133 cm³/mol. The minimum atomic E-state index is -0.425. The normalized spacial score (nSPS) is 10.9. The number of unbranched alkanes of at least 4 members (excludes halogenated alkanes) is 1. The molecule has 0 aliphatic carbocycles. The summed E-state index contributed by atoms with van der Waals surface area (Å²) in [5.41, 5.74) is 1.07. The number of thioether (sulfide) groups is 1. The maximum Gasteiger partial charge on any atom is 0.412 e. The third-order valence-electron chi connectivity index (χ3n) is 4.61. The number of hydrogen-bond donors (Lipinski definition) is 1. The van der Waals surface area contributed by atoms with E-state index in [1.54, 1.807) is 26.0 Å². The van der Waals surface area contributed by atoms with Crippen LogP contribution in [-0.4, -0.2) is 49.7 Å². The zero-order chi connectivity index (χ0) is 23.8. The number of carbonyl (C=O) groups excluding carboxylic acids is 2. The Kier molecular flexibility index (Phi) is 13.7. The number of ether oxygens (including phenoxy) is 2. The Balaban J connectivity index is 0.000000323. The first-order valence-electron chi connectivity index (χ1n) is 10.9. The number of hydrogen-bond acceptors (Lipinski definition) is 5. The van der Waals surface area contributed by atoms with Crippen molar-refractivity contribution >= 4 is 23.1 Å². The van der Waals surface area contributed by atoms with Crippen molar-refractivity contribution in [2.75, 3.05) is 33.5 Å². The fraction of sp³-hybridized carbons (Fsp3) is 0.440. The standard InChI is InChI=1S/C13H19NO2S.C12H17NO2/c1-14(2)13(15)17-11-7-6-10-16-12-8-4-3-5-9-12;1-4-9(2)10-7-5-6-8-11(10)15-12(14)13-3/h3-5,8-9H,6-7,10-11H2,1-2H3;5-9H,4H2,1-3H3,(H,13,14). The molecule has 2 aromatic carbocycles. The summed E-state index contributed by atoms with van der Waals surface area (Å²) in [6.45, 7) is 4.94. The Bertz CT molecular complexity index is 800. The third-order valence-corrected chi connectivity index (χ3v) is 5.72. The summed E-state index contributed by atoms with van der Waals surface area (Å²) < 4.78 is 10.7. The quantitative estimate of drug-likeness (QED) is 0.453. The molecule has 0 fully saturated rings.